The molecule has 0 atom stereocenters. The van der Waals surface area contributed by atoms with Crippen LogP contribution < -0.4 is 15.4 Å². The minimum atomic E-state index is -0.136. The Hall–Kier alpha value is -2.82. The Labute approximate surface area is 147 Å². The van der Waals surface area contributed by atoms with Crippen LogP contribution in [-0.4, -0.2) is 25.0 Å². The molecule has 0 unspecified atom stereocenters. The van der Waals surface area contributed by atoms with Crippen LogP contribution in [-0.2, 0) is 11.2 Å². The first kappa shape index (κ1) is 17.0. The molecule has 0 heterocycles. The molecule has 2 aromatic rings. The second kappa shape index (κ2) is 7.83. The van der Waals surface area contributed by atoms with Crippen molar-refractivity contribution < 1.29 is 14.3 Å². The van der Waals surface area contributed by atoms with Crippen LogP contribution in [0, 0.1) is 0 Å². The molecular weight excluding hydrogens is 316 g/mol. The van der Waals surface area contributed by atoms with Crippen LogP contribution in [0.5, 0.6) is 5.75 Å². The number of carbonyl (C=O) groups excluding carboxylic acids is 2. The maximum absolute atomic E-state index is 12.3. The highest BCUT2D eigenvalue weighted by Crippen LogP contribution is 2.22. The van der Waals surface area contributed by atoms with Crippen molar-refractivity contribution in [2.45, 2.75) is 31.7 Å². The van der Waals surface area contributed by atoms with Gasteiger partial charge >= 0.3 is 0 Å². The van der Waals surface area contributed by atoms with Crippen molar-refractivity contribution in [1.29, 1.82) is 0 Å². The first-order valence-electron chi connectivity index (χ1n) is 8.49. The van der Waals surface area contributed by atoms with E-state index in [2.05, 4.69) is 10.6 Å². The second-order valence-electron chi connectivity index (χ2n) is 6.15. The molecule has 1 fully saturated rings. The lowest BCUT2D eigenvalue weighted by molar-refractivity contribution is -0.116. The third-order valence-electron chi connectivity index (χ3n) is 4.17. The number of amides is 2. The Morgan fingerprint density at radius 2 is 1.80 bits per heavy atom. The SMILES string of the molecule is COc1ccccc1CCC(=O)Nc1ccccc1C(=O)NC1CC1. The van der Waals surface area contributed by atoms with E-state index in [4.69, 9.17) is 4.74 Å². The van der Waals surface area contributed by atoms with Gasteiger partial charge in [0.2, 0.25) is 5.91 Å². The number of rotatable bonds is 7. The van der Waals surface area contributed by atoms with Crippen LogP contribution >= 0.6 is 0 Å². The van der Waals surface area contributed by atoms with E-state index in [-0.39, 0.29) is 17.9 Å². The predicted molar refractivity (Wildman–Crippen MR) is 96.9 cm³/mol. The van der Waals surface area contributed by atoms with E-state index < -0.39 is 0 Å². The predicted octanol–water partition coefficient (Wildman–Crippen LogP) is 3.16. The number of aryl methyl sites for hydroxylation is 1. The number of carbonyl (C=O) groups is 2. The summed E-state index contributed by atoms with van der Waals surface area (Å²) in [5, 5.41) is 5.80. The molecule has 130 valence electrons. The lowest BCUT2D eigenvalue weighted by atomic mass is 10.1. The monoisotopic (exact) mass is 338 g/mol. The van der Waals surface area contributed by atoms with Gasteiger partial charge in [-0.15, -0.1) is 0 Å². The summed E-state index contributed by atoms with van der Waals surface area (Å²) in [4.78, 5) is 24.6. The van der Waals surface area contributed by atoms with Crippen molar-refractivity contribution in [3.05, 3.63) is 59.7 Å². The largest absolute Gasteiger partial charge is 0.496 e. The summed E-state index contributed by atoms with van der Waals surface area (Å²) in [7, 11) is 1.62. The van der Waals surface area contributed by atoms with Crippen LogP contribution in [0.25, 0.3) is 0 Å². The molecular formula is C20H22N2O3. The quantitative estimate of drug-likeness (QED) is 0.815. The van der Waals surface area contributed by atoms with Crippen molar-refractivity contribution in [1.82, 2.24) is 5.32 Å². The molecule has 1 aliphatic carbocycles. The molecule has 0 aromatic heterocycles. The fourth-order valence-electron chi connectivity index (χ4n) is 2.65. The molecule has 0 aliphatic heterocycles. The Morgan fingerprint density at radius 3 is 2.56 bits per heavy atom. The van der Waals surface area contributed by atoms with Gasteiger partial charge in [-0.25, -0.2) is 0 Å². The Balaban J connectivity index is 1.62. The summed E-state index contributed by atoms with van der Waals surface area (Å²) in [5.41, 5.74) is 2.03. The van der Waals surface area contributed by atoms with E-state index in [0.29, 0.717) is 24.1 Å². The Kier molecular flexibility index (Phi) is 5.33. The highest BCUT2D eigenvalue weighted by molar-refractivity contribution is 6.03. The topological polar surface area (TPSA) is 67.4 Å². The lowest BCUT2D eigenvalue weighted by Gasteiger charge is -2.12. The van der Waals surface area contributed by atoms with Crippen molar-refractivity contribution >= 4 is 17.5 Å². The van der Waals surface area contributed by atoms with Crippen LogP contribution in [0.3, 0.4) is 0 Å². The number of hydrogen-bond acceptors (Lipinski definition) is 3. The minimum Gasteiger partial charge on any atom is -0.496 e. The zero-order chi connectivity index (χ0) is 17.6. The van der Waals surface area contributed by atoms with Gasteiger partial charge in [-0.05, 0) is 43.0 Å². The first-order chi connectivity index (χ1) is 12.2. The molecule has 5 heteroatoms. The fourth-order valence-corrected chi connectivity index (χ4v) is 2.65. The third kappa shape index (κ3) is 4.59. The van der Waals surface area contributed by atoms with Crippen LogP contribution in [0.2, 0.25) is 0 Å². The standard InChI is InChI=1S/C20H22N2O3/c1-25-18-9-5-2-6-14(18)10-13-19(23)22-17-8-4-3-7-16(17)20(24)21-15-11-12-15/h2-9,15H,10-13H2,1H3,(H,21,24)(H,22,23). The number of hydrogen-bond donors (Lipinski definition) is 2. The van der Waals surface area contributed by atoms with Gasteiger partial charge in [0.25, 0.3) is 5.91 Å². The van der Waals surface area contributed by atoms with Gasteiger partial charge < -0.3 is 15.4 Å². The summed E-state index contributed by atoms with van der Waals surface area (Å²) >= 11 is 0. The maximum Gasteiger partial charge on any atom is 0.253 e. The molecule has 1 aliphatic rings. The van der Waals surface area contributed by atoms with Gasteiger partial charge in [0.1, 0.15) is 5.75 Å². The summed E-state index contributed by atoms with van der Waals surface area (Å²) < 4.78 is 5.30. The van der Waals surface area contributed by atoms with Gasteiger partial charge in [0.15, 0.2) is 0 Å². The zero-order valence-electron chi connectivity index (χ0n) is 14.2. The molecule has 3 rings (SSSR count). The molecule has 0 radical (unpaired) electrons. The average molecular weight is 338 g/mol. The first-order valence-corrected chi connectivity index (χ1v) is 8.49. The fraction of sp³-hybridized carbons (Fsp3) is 0.300. The van der Waals surface area contributed by atoms with Crippen LogP contribution in [0.4, 0.5) is 5.69 Å². The van der Waals surface area contributed by atoms with Gasteiger partial charge in [-0.3, -0.25) is 9.59 Å². The third-order valence-corrected chi connectivity index (χ3v) is 4.17. The molecule has 0 bridgehead atoms. The number of benzene rings is 2. The van der Waals surface area contributed by atoms with E-state index in [1.165, 1.54) is 0 Å². The highest BCUT2D eigenvalue weighted by Gasteiger charge is 2.25. The van der Waals surface area contributed by atoms with Crippen molar-refractivity contribution in [3.8, 4) is 5.75 Å². The molecule has 2 aromatic carbocycles. The van der Waals surface area contributed by atoms with Crippen molar-refractivity contribution in [2.75, 3.05) is 12.4 Å². The Morgan fingerprint density at radius 1 is 1.08 bits per heavy atom. The molecule has 25 heavy (non-hydrogen) atoms. The second-order valence-corrected chi connectivity index (χ2v) is 6.15. The van der Waals surface area contributed by atoms with E-state index in [9.17, 15) is 9.59 Å². The van der Waals surface area contributed by atoms with Crippen LogP contribution in [0.15, 0.2) is 48.5 Å². The normalized spacial score (nSPS) is 13.2. The zero-order valence-corrected chi connectivity index (χ0v) is 14.2. The van der Waals surface area contributed by atoms with Crippen LogP contribution in [0.1, 0.15) is 35.2 Å². The Bertz CT molecular complexity index is 769. The van der Waals surface area contributed by atoms with E-state index >= 15 is 0 Å². The summed E-state index contributed by atoms with van der Waals surface area (Å²) in [6, 6.07) is 15.0. The lowest BCUT2D eigenvalue weighted by Crippen LogP contribution is -2.27. The van der Waals surface area contributed by atoms with E-state index in [1.807, 2.05) is 30.3 Å². The van der Waals surface area contributed by atoms with Crippen molar-refractivity contribution in [3.63, 3.8) is 0 Å². The number of ether oxygens (including phenoxy) is 1. The van der Waals surface area contributed by atoms with E-state index in [0.717, 1.165) is 24.2 Å². The number of para-hydroxylation sites is 2. The molecule has 1 saturated carbocycles. The molecule has 2 amide bonds. The highest BCUT2D eigenvalue weighted by atomic mass is 16.5. The average Bonchev–Trinajstić information content (AvgIpc) is 3.44. The molecule has 2 N–H and O–H groups in total. The molecule has 0 saturated heterocycles. The van der Waals surface area contributed by atoms with Crippen molar-refractivity contribution in [2.24, 2.45) is 0 Å². The minimum absolute atomic E-state index is 0.127. The number of methoxy groups -OCH3 is 1. The number of anilines is 1. The summed E-state index contributed by atoms with van der Waals surface area (Å²) in [5.74, 6) is 0.514. The number of nitrogens with one attached hydrogen (secondary N) is 2. The molecule has 0 spiro atoms. The summed E-state index contributed by atoms with van der Waals surface area (Å²) in [6.45, 7) is 0. The summed E-state index contributed by atoms with van der Waals surface area (Å²) in [6.07, 6.45) is 2.95. The van der Waals surface area contributed by atoms with Gasteiger partial charge in [0.05, 0.1) is 18.4 Å². The maximum atomic E-state index is 12.3. The van der Waals surface area contributed by atoms with Gasteiger partial charge in [-0.1, -0.05) is 30.3 Å². The van der Waals surface area contributed by atoms with Gasteiger partial charge in [-0.2, -0.15) is 0 Å². The smallest absolute Gasteiger partial charge is 0.253 e. The van der Waals surface area contributed by atoms with Gasteiger partial charge in [0, 0.05) is 12.5 Å². The van der Waals surface area contributed by atoms with E-state index in [1.54, 1.807) is 25.3 Å². The molecule has 5 nitrogen and oxygen atoms in total.